The Morgan fingerprint density at radius 3 is 2.32 bits per heavy atom. The van der Waals surface area contributed by atoms with E-state index in [-0.39, 0.29) is 6.16 Å². The molecule has 206 valence electrons. The van der Waals surface area contributed by atoms with Crippen molar-refractivity contribution in [2.45, 2.75) is 45.5 Å². The van der Waals surface area contributed by atoms with Gasteiger partial charge in [0, 0.05) is 24.5 Å². The van der Waals surface area contributed by atoms with Gasteiger partial charge >= 0.3 is 11.9 Å². The van der Waals surface area contributed by atoms with Gasteiger partial charge in [0.15, 0.2) is 0 Å². The van der Waals surface area contributed by atoms with Crippen LogP contribution in [-0.2, 0) is 36.8 Å². The van der Waals surface area contributed by atoms with Crippen LogP contribution in [0.5, 0.6) is 5.88 Å². The van der Waals surface area contributed by atoms with Crippen molar-refractivity contribution >= 4 is 30.4 Å². The molecule has 3 rings (SSSR count). The minimum Gasteiger partial charge on any atom is -0.471 e. The van der Waals surface area contributed by atoms with Crippen molar-refractivity contribution in [1.82, 2.24) is 30.4 Å². The first kappa shape index (κ1) is 29.2. The molecule has 2 unspecified atom stereocenters. The average Bonchev–Trinajstić information content (AvgIpc) is 3.34. The number of nitrogens with one attached hydrogen (secondary N) is 4. The number of aromatic amines is 1. The number of H-pyrrole nitrogens is 1. The molecule has 0 aliphatic rings. The van der Waals surface area contributed by atoms with E-state index in [1.807, 2.05) is 36.5 Å². The molecule has 0 radical (unpaired) electrons. The van der Waals surface area contributed by atoms with Crippen LogP contribution < -0.4 is 20.2 Å². The Morgan fingerprint density at radius 2 is 1.68 bits per heavy atom. The van der Waals surface area contributed by atoms with Crippen LogP contribution in [0.15, 0.2) is 42.9 Å². The highest BCUT2D eigenvalue weighted by Gasteiger charge is 2.31. The second-order valence-electron chi connectivity index (χ2n) is 8.73. The number of hydrogen-bond donors (Lipinski definition) is 4. The molecule has 2 atom stereocenters. The van der Waals surface area contributed by atoms with Gasteiger partial charge in [-0.25, -0.2) is 15.2 Å². The number of carbonyl (C=O) groups excluding carboxylic acids is 2. The van der Waals surface area contributed by atoms with E-state index in [0.717, 1.165) is 16.6 Å². The quantitative estimate of drug-likeness (QED) is 0.126. The average molecular weight is 547 g/mol. The molecule has 0 saturated heterocycles. The zero-order valence-electron chi connectivity index (χ0n) is 22.0. The second kappa shape index (κ2) is 14.0. The third-order valence-corrected chi connectivity index (χ3v) is 8.34. The van der Waals surface area contributed by atoms with Gasteiger partial charge in [-0.15, -0.1) is 0 Å². The molecule has 0 amide bonds. The topological polar surface area (TPSA) is 157 Å². The van der Waals surface area contributed by atoms with Crippen LogP contribution in [0.4, 0.5) is 0 Å². The smallest absolute Gasteiger partial charge is 0.322 e. The number of ether oxygens (including phenoxy) is 3. The number of rotatable bonds is 15. The Labute approximate surface area is 221 Å². The molecule has 0 saturated carbocycles. The maximum Gasteiger partial charge on any atom is 0.322 e. The van der Waals surface area contributed by atoms with Gasteiger partial charge in [-0.05, 0) is 32.4 Å². The molecule has 12 nitrogen and oxygen atoms in total. The molecule has 2 heterocycles. The first-order valence-corrected chi connectivity index (χ1v) is 14.1. The van der Waals surface area contributed by atoms with Crippen LogP contribution in [0.25, 0.3) is 11.0 Å². The fourth-order valence-corrected chi connectivity index (χ4v) is 6.24. The predicted molar refractivity (Wildman–Crippen MR) is 143 cm³/mol. The lowest BCUT2D eigenvalue weighted by Crippen LogP contribution is -2.42. The van der Waals surface area contributed by atoms with Crippen LogP contribution >= 0.6 is 7.44 Å². The summed E-state index contributed by atoms with van der Waals surface area (Å²) in [5.74, 6) is -0.628. The van der Waals surface area contributed by atoms with Gasteiger partial charge in [0.1, 0.15) is 30.5 Å². The van der Waals surface area contributed by atoms with Gasteiger partial charge in [-0.3, -0.25) is 14.2 Å². The summed E-state index contributed by atoms with van der Waals surface area (Å²) in [6, 6.07) is 8.19. The van der Waals surface area contributed by atoms with E-state index in [2.05, 4.69) is 30.4 Å². The number of benzene rings is 1. The molecule has 0 bridgehead atoms. The highest BCUT2D eigenvalue weighted by Crippen LogP contribution is 2.38. The van der Waals surface area contributed by atoms with Crippen LogP contribution in [0, 0.1) is 0 Å². The Balaban J connectivity index is 1.56. The number of methoxy groups -OCH3 is 2. The number of hydrogen-bond acceptors (Lipinski definition) is 9. The number of esters is 2. The summed E-state index contributed by atoms with van der Waals surface area (Å²) in [4.78, 5) is 35.6. The second-order valence-corrected chi connectivity index (χ2v) is 11.2. The van der Waals surface area contributed by atoms with Crippen LogP contribution in [0.1, 0.15) is 31.4 Å². The molecule has 1 aromatic carbocycles. The van der Waals surface area contributed by atoms with Crippen LogP contribution in [-0.4, -0.2) is 65.9 Å². The van der Waals surface area contributed by atoms with Crippen molar-refractivity contribution in [3.05, 3.63) is 54.0 Å². The summed E-state index contributed by atoms with van der Waals surface area (Å²) in [5, 5.41) is 8.95. The normalized spacial score (nSPS) is 14.4. The van der Waals surface area contributed by atoms with E-state index in [1.54, 1.807) is 13.8 Å². The number of fused-ring (bicyclic) bond motifs is 1. The lowest BCUT2D eigenvalue weighted by Gasteiger charge is -2.26. The number of carbonyl (C=O) groups is 2. The van der Waals surface area contributed by atoms with Crippen molar-refractivity contribution in [1.29, 1.82) is 0 Å². The largest absolute Gasteiger partial charge is 0.471 e. The van der Waals surface area contributed by atoms with Crippen LogP contribution in [0.2, 0.25) is 0 Å². The highest BCUT2D eigenvalue weighted by atomic mass is 31.2. The fraction of sp³-hybridized carbons (Fsp3) is 0.440. The minimum atomic E-state index is -3.33. The molecule has 0 aliphatic heterocycles. The predicted octanol–water partition coefficient (Wildman–Crippen LogP) is 2.51. The SMILES string of the molecule is COC(=O)C(C)NP(=O)(CCCNCc1c[nH]c2c(OCc3ccccc3)ncnc12)NC(C)C(=O)OC. The molecule has 0 aliphatic carbocycles. The first-order chi connectivity index (χ1) is 18.3. The molecule has 38 heavy (non-hydrogen) atoms. The molecule has 3 aromatic rings. The summed E-state index contributed by atoms with van der Waals surface area (Å²) in [7, 11) is -0.814. The Bertz CT molecular complexity index is 1230. The van der Waals surface area contributed by atoms with E-state index < -0.39 is 31.5 Å². The van der Waals surface area contributed by atoms with Gasteiger partial charge in [0.05, 0.1) is 19.7 Å². The van der Waals surface area contributed by atoms with Gasteiger partial charge in [0.2, 0.25) is 13.3 Å². The number of aromatic nitrogens is 3. The van der Waals surface area contributed by atoms with Crippen molar-refractivity contribution < 1.29 is 28.4 Å². The van der Waals surface area contributed by atoms with Crippen molar-refractivity contribution in [3.63, 3.8) is 0 Å². The monoisotopic (exact) mass is 546 g/mol. The third-order valence-electron chi connectivity index (χ3n) is 5.78. The highest BCUT2D eigenvalue weighted by molar-refractivity contribution is 7.59. The Morgan fingerprint density at radius 1 is 1.03 bits per heavy atom. The summed E-state index contributed by atoms with van der Waals surface area (Å²) >= 11 is 0. The van der Waals surface area contributed by atoms with Gasteiger partial charge in [-0.2, -0.15) is 4.98 Å². The Hall–Kier alpha value is -3.31. The van der Waals surface area contributed by atoms with Gasteiger partial charge in [0.25, 0.3) is 0 Å². The van der Waals surface area contributed by atoms with E-state index in [0.29, 0.717) is 37.5 Å². The molecular formula is C25H35N6O6P. The molecule has 4 N–H and O–H groups in total. The van der Waals surface area contributed by atoms with Crippen LogP contribution in [0.3, 0.4) is 0 Å². The molecule has 13 heteroatoms. The third kappa shape index (κ3) is 8.09. The maximum atomic E-state index is 13.5. The standard InChI is InChI=1S/C25H35N6O6P/c1-17(24(32)35-3)30-38(34,31-18(2)25(33)36-4)12-8-11-26-13-20-14-27-22-21(20)28-16-29-23(22)37-15-19-9-6-5-7-10-19/h5-7,9-10,14,16-18,26-27H,8,11-13,15H2,1-4H3,(H2,30,31,34). The summed E-state index contributed by atoms with van der Waals surface area (Å²) in [6.07, 6.45) is 4.02. The van der Waals surface area contributed by atoms with Crippen molar-refractivity contribution in [2.24, 2.45) is 0 Å². The van der Waals surface area contributed by atoms with E-state index in [4.69, 9.17) is 14.2 Å². The maximum absolute atomic E-state index is 13.5. The van der Waals surface area contributed by atoms with E-state index >= 15 is 0 Å². The summed E-state index contributed by atoms with van der Waals surface area (Å²) < 4.78 is 28.9. The lowest BCUT2D eigenvalue weighted by atomic mass is 10.2. The zero-order chi connectivity index (χ0) is 27.5. The minimum absolute atomic E-state index is 0.191. The van der Waals surface area contributed by atoms with E-state index in [1.165, 1.54) is 20.5 Å². The fourth-order valence-electron chi connectivity index (χ4n) is 3.84. The lowest BCUT2D eigenvalue weighted by molar-refractivity contribution is -0.142. The summed E-state index contributed by atoms with van der Waals surface area (Å²) in [5.41, 5.74) is 3.44. The molecular weight excluding hydrogens is 511 g/mol. The zero-order valence-corrected chi connectivity index (χ0v) is 22.9. The number of nitrogens with zero attached hydrogens (tertiary/aromatic N) is 2. The summed E-state index contributed by atoms with van der Waals surface area (Å²) in [6.45, 7) is 4.54. The molecule has 0 spiro atoms. The van der Waals surface area contributed by atoms with E-state index in [9.17, 15) is 14.2 Å². The Kier molecular flexibility index (Phi) is 10.8. The van der Waals surface area contributed by atoms with Crippen molar-refractivity contribution in [2.75, 3.05) is 26.9 Å². The van der Waals surface area contributed by atoms with Gasteiger partial charge in [-0.1, -0.05) is 30.3 Å². The molecule has 2 aromatic heterocycles. The van der Waals surface area contributed by atoms with Gasteiger partial charge < -0.3 is 24.5 Å². The van der Waals surface area contributed by atoms with Crippen molar-refractivity contribution in [3.8, 4) is 5.88 Å². The first-order valence-electron chi connectivity index (χ1n) is 12.2. The molecule has 0 fully saturated rings.